The number of amides is 1. The standard InChI is InChI=1S/C21H29N3O3.C11H8O/c1-14-6-9-19(25)24(13-14)18-8-7-16(15(2)10-18)11-17(22)12-23-20(26)27-21(3,4)5;12-8-9-5-6-10-3-1-2-4-11(10)7-9/h6-10,13,17H,11-12,22H2,1-5H3,(H,23,26);1-8H. The summed E-state index contributed by atoms with van der Waals surface area (Å²) in [5.74, 6) is 0. The van der Waals surface area contributed by atoms with Crippen LogP contribution >= 0.6 is 0 Å². The summed E-state index contributed by atoms with van der Waals surface area (Å²) in [5.41, 5.74) is 10.3. The van der Waals surface area contributed by atoms with E-state index < -0.39 is 11.7 Å². The van der Waals surface area contributed by atoms with Gasteiger partial charge in [-0.3, -0.25) is 14.2 Å². The first-order valence-corrected chi connectivity index (χ1v) is 12.9. The van der Waals surface area contributed by atoms with E-state index in [-0.39, 0.29) is 11.6 Å². The molecule has 0 fully saturated rings. The van der Waals surface area contributed by atoms with Crippen LogP contribution in [0.5, 0.6) is 0 Å². The first-order chi connectivity index (χ1) is 18.4. The number of aldehydes is 1. The number of aryl methyl sites for hydroxylation is 2. The molecule has 0 radical (unpaired) electrons. The molecule has 0 saturated carbocycles. The van der Waals surface area contributed by atoms with Gasteiger partial charge in [0.05, 0.1) is 0 Å². The van der Waals surface area contributed by atoms with Crippen molar-refractivity contribution < 1.29 is 14.3 Å². The van der Waals surface area contributed by atoms with Crippen LogP contribution in [0.25, 0.3) is 16.5 Å². The van der Waals surface area contributed by atoms with Crippen LogP contribution in [0.1, 0.15) is 47.8 Å². The molecule has 0 aliphatic carbocycles. The number of pyridine rings is 1. The van der Waals surface area contributed by atoms with Gasteiger partial charge in [0, 0.05) is 36.1 Å². The molecule has 4 aromatic rings. The van der Waals surface area contributed by atoms with Gasteiger partial charge in [0.25, 0.3) is 5.56 Å². The Morgan fingerprint density at radius 1 is 1.00 bits per heavy atom. The van der Waals surface area contributed by atoms with Gasteiger partial charge in [-0.1, -0.05) is 48.5 Å². The number of nitrogens with zero attached hydrogens (tertiary/aromatic N) is 1. The van der Waals surface area contributed by atoms with Crippen molar-refractivity contribution in [2.75, 3.05) is 6.54 Å². The summed E-state index contributed by atoms with van der Waals surface area (Å²) in [5, 5.41) is 4.98. The molecule has 1 amide bonds. The zero-order valence-electron chi connectivity index (χ0n) is 23.2. The second-order valence-corrected chi connectivity index (χ2v) is 10.6. The van der Waals surface area contributed by atoms with E-state index in [0.29, 0.717) is 13.0 Å². The van der Waals surface area contributed by atoms with E-state index in [1.165, 1.54) is 5.39 Å². The van der Waals surface area contributed by atoms with Crippen molar-refractivity contribution in [2.24, 2.45) is 5.73 Å². The third kappa shape index (κ3) is 8.93. The first-order valence-electron chi connectivity index (χ1n) is 12.9. The van der Waals surface area contributed by atoms with Crippen LogP contribution in [0, 0.1) is 13.8 Å². The Morgan fingerprint density at radius 2 is 1.72 bits per heavy atom. The van der Waals surface area contributed by atoms with Gasteiger partial charge in [0.1, 0.15) is 11.9 Å². The van der Waals surface area contributed by atoms with Crippen LogP contribution in [0.15, 0.2) is 83.8 Å². The predicted molar refractivity (Wildman–Crippen MR) is 157 cm³/mol. The zero-order valence-corrected chi connectivity index (χ0v) is 23.2. The van der Waals surface area contributed by atoms with Crippen LogP contribution in [0.2, 0.25) is 0 Å². The van der Waals surface area contributed by atoms with E-state index in [1.54, 1.807) is 16.7 Å². The van der Waals surface area contributed by atoms with Gasteiger partial charge in [-0.05, 0) is 86.7 Å². The quantitative estimate of drug-likeness (QED) is 0.322. The summed E-state index contributed by atoms with van der Waals surface area (Å²) >= 11 is 0. The fraction of sp³-hybridized carbons (Fsp3) is 0.281. The molecule has 0 bridgehead atoms. The van der Waals surface area contributed by atoms with Crippen molar-refractivity contribution in [1.29, 1.82) is 0 Å². The Balaban J connectivity index is 0.000000289. The second-order valence-electron chi connectivity index (χ2n) is 10.6. The lowest BCUT2D eigenvalue weighted by Crippen LogP contribution is -2.41. The summed E-state index contributed by atoms with van der Waals surface area (Å²) in [7, 11) is 0. The summed E-state index contributed by atoms with van der Waals surface area (Å²) in [6.07, 6.45) is 2.84. The highest BCUT2D eigenvalue weighted by atomic mass is 16.6. The normalized spacial score (nSPS) is 11.7. The molecule has 1 heterocycles. The Labute approximate surface area is 229 Å². The van der Waals surface area contributed by atoms with Crippen molar-refractivity contribution in [3.8, 4) is 5.69 Å². The molecule has 0 spiro atoms. The molecule has 204 valence electrons. The Hall–Kier alpha value is -4.23. The lowest BCUT2D eigenvalue weighted by Gasteiger charge is -2.21. The number of fused-ring (bicyclic) bond motifs is 1. The molecule has 0 aliphatic rings. The Bertz CT molecular complexity index is 1500. The molecule has 1 unspecified atom stereocenters. The minimum absolute atomic E-state index is 0.0639. The number of alkyl carbamates (subject to hydrolysis) is 1. The van der Waals surface area contributed by atoms with Crippen molar-refractivity contribution in [2.45, 2.75) is 52.7 Å². The number of nitrogens with one attached hydrogen (secondary N) is 1. The van der Waals surface area contributed by atoms with E-state index in [0.717, 1.165) is 39.6 Å². The highest BCUT2D eigenvalue weighted by molar-refractivity contribution is 5.88. The molecule has 1 atom stereocenters. The van der Waals surface area contributed by atoms with E-state index in [2.05, 4.69) is 5.32 Å². The zero-order chi connectivity index (χ0) is 28.6. The average Bonchev–Trinajstić information content (AvgIpc) is 2.89. The molecule has 3 N–H and O–H groups in total. The fourth-order valence-electron chi connectivity index (χ4n) is 4.02. The molecule has 7 nitrogen and oxygen atoms in total. The minimum Gasteiger partial charge on any atom is -0.444 e. The van der Waals surface area contributed by atoms with E-state index in [9.17, 15) is 14.4 Å². The molecule has 4 rings (SSSR count). The Kier molecular flexibility index (Phi) is 9.79. The topological polar surface area (TPSA) is 103 Å². The number of ether oxygens (including phenoxy) is 1. The molecule has 7 heteroatoms. The average molecular weight is 528 g/mol. The number of rotatable bonds is 6. The van der Waals surface area contributed by atoms with E-state index in [4.69, 9.17) is 10.5 Å². The van der Waals surface area contributed by atoms with Crippen molar-refractivity contribution in [3.63, 3.8) is 0 Å². The lowest BCUT2D eigenvalue weighted by atomic mass is 10.0. The predicted octanol–water partition coefficient (Wildman–Crippen LogP) is 5.50. The molecular weight excluding hydrogens is 490 g/mol. The van der Waals surface area contributed by atoms with E-state index in [1.807, 2.05) is 101 Å². The van der Waals surface area contributed by atoms with Crippen LogP contribution in [-0.4, -0.2) is 35.1 Å². The summed E-state index contributed by atoms with van der Waals surface area (Å²) in [6, 6.07) is 22.7. The van der Waals surface area contributed by atoms with Crippen molar-refractivity contribution >= 4 is 23.2 Å². The van der Waals surface area contributed by atoms with Crippen LogP contribution in [-0.2, 0) is 11.2 Å². The van der Waals surface area contributed by atoms with Gasteiger partial charge < -0.3 is 15.8 Å². The van der Waals surface area contributed by atoms with E-state index >= 15 is 0 Å². The largest absolute Gasteiger partial charge is 0.444 e. The van der Waals surface area contributed by atoms with Crippen LogP contribution in [0.4, 0.5) is 4.79 Å². The number of benzene rings is 3. The SMILES string of the molecule is Cc1ccc(=O)n(-c2ccc(CC(N)CNC(=O)OC(C)(C)C)c(C)c2)c1.O=Cc1ccc2ccccc2c1. The van der Waals surface area contributed by atoms with Gasteiger partial charge in [0.2, 0.25) is 0 Å². The van der Waals surface area contributed by atoms with Gasteiger partial charge in [0.15, 0.2) is 0 Å². The third-order valence-corrected chi connectivity index (χ3v) is 5.96. The van der Waals surface area contributed by atoms with Crippen LogP contribution < -0.4 is 16.6 Å². The number of hydrogen-bond donors (Lipinski definition) is 2. The van der Waals surface area contributed by atoms with Gasteiger partial charge in [-0.15, -0.1) is 0 Å². The smallest absolute Gasteiger partial charge is 0.407 e. The Morgan fingerprint density at radius 3 is 2.38 bits per heavy atom. The van der Waals surface area contributed by atoms with Gasteiger partial charge in [-0.2, -0.15) is 0 Å². The molecule has 39 heavy (non-hydrogen) atoms. The highest BCUT2D eigenvalue weighted by Gasteiger charge is 2.17. The van der Waals surface area contributed by atoms with Crippen LogP contribution in [0.3, 0.4) is 0 Å². The minimum atomic E-state index is -0.533. The first kappa shape index (κ1) is 29.3. The molecule has 1 aromatic heterocycles. The second kappa shape index (κ2) is 13.0. The maximum Gasteiger partial charge on any atom is 0.407 e. The monoisotopic (exact) mass is 527 g/mol. The number of carbonyl (C=O) groups excluding carboxylic acids is 2. The van der Waals surface area contributed by atoms with Crippen molar-refractivity contribution in [3.05, 3.63) is 112 Å². The number of nitrogens with two attached hydrogens (primary N) is 1. The molecule has 0 saturated heterocycles. The van der Waals surface area contributed by atoms with Gasteiger partial charge in [-0.25, -0.2) is 4.79 Å². The van der Waals surface area contributed by atoms with Crippen molar-refractivity contribution in [1.82, 2.24) is 9.88 Å². The van der Waals surface area contributed by atoms with Gasteiger partial charge >= 0.3 is 6.09 Å². The number of hydrogen-bond acceptors (Lipinski definition) is 5. The maximum absolute atomic E-state index is 12.1. The third-order valence-electron chi connectivity index (χ3n) is 5.96. The maximum atomic E-state index is 12.1. The number of aromatic nitrogens is 1. The molecular formula is C32H37N3O4. The lowest BCUT2D eigenvalue weighted by molar-refractivity contribution is 0.0524. The molecule has 0 aliphatic heterocycles. The fourth-order valence-corrected chi connectivity index (χ4v) is 4.02. The summed E-state index contributed by atoms with van der Waals surface area (Å²) in [6.45, 7) is 9.72. The molecule has 3 aromatic carbocycles. The number of carbonyl (C=O) groups is 2. The summed E-state index contributed by atoms with van der Waals surface area (Å²) in [4.78, 5) is 34.3. The summed E-state index contributed by atoms with van der Waals surface area (Å²) < 4.78 is 6.84. The highest BCUT2D eigenvalue weighted by Crippen LogP contribution is 2.16.